The zero-order valence-electron chi connectivity index (χ0n) is 14.2. The summed E-state index contributed by atoms with van der Waals surface area (Å²) >= 11 is 0. The Morgan fingerprint density at radius 2 is 2.14 bits per heavy atom. The molecule has 0 fully saturated rings. The Kier molecular flexibility index (Phi) is 5.19. The molecule has 2 heterocycles. The average Bonchev–Trinajstić information content (AvgIpc) is 2.96. The van der Waals surface area contributed by atoms with Crippen molar-refractivity contribution in [3.63, 3.8) is 0 Å². The lowest BCUT2D eigenvalue weighted by atomic mass is 10.1. The van der Waals surface area contributed by atoms with Gasteiger partial charge >= 0.3 is 0 Å². The van der Waals surface area contributed by atoms with Gasteiger partial charge in [0.05, 0.1) is 5.69 Å². The zero-order valence-corrected chi connectivity index (χ0v) is 14.2. The van der Waals surface area contributed by atoms with E-state index in [-0.39, 0.29) is 5.78 Å². The Morgan fingerprint density at radius 1 is 1.41 bits per heavy atom. The first-order chi connectivity index (χ1) is 10.4. The van der Waals surface area contributed by atoms with Gasteiger partial charge in [0.1, 0.15) is 0 Å². The van der Waals surface area contributed by atoms with Gasteiger partial charge in [0, 0.05) is 36.7 Å². The fraction of sp³-hybridized carbons (Fsp3) is 0.529. The highest BCUT2D eigenvalue weighted by Gasteiger charge is 2.10. The SMILES string of the molecule is CC(=O)c1cc(CN(C)CCCc2c(C)n[nH]c2C)n(C)c1. The molecule has 0 saturated carbocycles. The summed E-state index contributed by atoms with van der Waals surface area (Å²) in [6, 6.07) is 1.99. The van der Waals surface area contributed by atoms with Crippen LogP contribution >= 0.6 is 0 Å². The normalized spacial score (nSPS) is 11.4. The van der Waals surface area contributed by atoms with Gasteiger partial charge in [0.25, 0.3) is 0 Å². The zero-order chi connectivity index (χ0) is 16.3. The summed E-state index contributed by atoms with van der Waals surface area (Å²) in [7, 11) is 4.11. The minimum absolute atomic E-state index is 0.121. The second kappa shape index (κ2) is 6.92. The molecule has 0 aromatic carbocycles. The lowest BCUT2D eigenvalue weighted by Gasteiger charge is -2.17. The largest absolute Gasteiger partial charge is 0.353 e. The molecule has 0 spiro atoms. The predicted octanol–water partition coefficient (Wildman–Crippen LogP) is 2.63. The number of nitrogens with one attached hydrogen (secondary N) is 1. The fourth-order valence-electron chi connectivity index (χ4n) is 2.78. The molecule has 0 radical (unpaired) electrons. The van der Waals surface area contributed by atoms with Crippen LogP contribution in [0.2, 0.25) is 0 Å². The standard InChI is InChI=1S/C17H26N4O/c1-12-17(13(2)19-18-12)7-6-8-20(4)11-16-9-15(14(3)22)10-21(16)5/h9-10H,6-8,11H2,1-5H3,(H,18,19). The maximum atomic E-state index is 11.4. The summed E-state index contributed by atoms with van der Waals surface area (Å²) in [5, 5.41) is 7.28. The summed E-state index contributed by atoms with van der Waals surface area (Å²) in [5.41, 5.74) is 5.58. The van der Waals surface area contributed by atoms with Crippen molar-refractivity contribution in [2.24, 2.45) is 7.05 Å². The first kappa shape index (κ1) is 16.5. The van der Waals surface area contributed by atoms with Gasteiger partial charge in [-0.15, -0.1) is 0 Å². The number of aryl methyl sites for hydroxylation is 3. The molecular formula is C17H26N4O. The maximum absolute atomic E-state index is 11.4. The van der Waals surface area contributed by atoms with Crippen molar-refractivity contribution >= 4 is 5.78 Å². The molecule has 120 valence electrons. The lowest BCUT2D eigenvalue weighted by Crippen LogP contribution is -2.21. The highest BCUT2D eigenvalue weighted by Crippen LogP contribution is 2.13. The topological polar surface area (TPSA) is 53.9 Å². The second-order valence-electron chi connectivity index (χ2n) is 6.14. The highest BCUT2D eigenvalue weighted by atomic mass is 16.1. The Balaban J connectivity index is 1.85. The first-order valence-corrected chi connectivity index (χ1v) is 7.73. The van der Waals surface area contributed by atoms with Gasteiger partial charge in [-0.3, -0.25) is 9.89 Å². The van der Waals surface area contributed by atoms with Gasteiger partial charge in [-0.1, -0.05) is 0 Å². The third kappa shape index (κ3) is 3.85. The van der Waals surface area contributed by atoms with E-state index in [0.717, 1.165) is 37.2 Å². The Morgan fingerprint density at radius 3 is 2.68 bits per heavy atom. The molecule has 0 atom stereocenters. The minimum atomic E-state index is 0.121. The Labute approximate surface area is 132 Å². The van der Waals surface area contributed by atoms with Gasteiger partial charge in [-0.25, -0.2) is 0 Å². The van der Waals surface area contributed by atoms with E-state index in [1.165, 1.54) is 17.0 Å². The molecule has 1 N–H and O–H groups in total. The number of aromatic amines is 1. The van der Waals surface area contributed by atoms with Crippen molar-refractivity contribution in [3.05, 3.63) is 40.5 Å². The molecule has 0 unspecified atom stereocenters. The number of nitrogens with zero attached hydrogens (tertiary/aromatic N) is 3. The van der Waals surface area contributed by atoms with Crippen LogP contribution in [0.3, 0.4) is 0 Å². The smallest absolute Gasteiger partial charge is 0.161 e. The second-order valence-corrected chi connectivity index (χ2v) is 6.14. The lowest BCUT2D eigenvalue weighted by molar-refractivity contribution is 0.101. The quantitative estimate of drug-likeness (QED) is 0.800. The van der Waals surface area contributed by atoms with Crippen LogP contribution in [0, 0.1) is 13.8 Å². The molecule has 0 aliphatic rings. The third-order valence-corrected chi connectivity index (χ3v) is 4.19. The van der Waals surface area contributed by atoms with E-state index in [1.807, 2.05) is 23.9 Å². The number of hydrogen-bond acceptors (Lipinski definition) is 3. The van der Waals surface area contributed by atoms with Crippen LogP contribution in [0.5, 0.6) is 0 Å². The minimum Gasteiger partial charge on any atom is -0.353 e. The van der Waals surface area contributed by atoms with Crippen LogP contribution in [-0.2, 0) is 20.0 Å². The molecule has 0 aliphatic heterocycles. The molecule has 0 saturated heterocycles. The fourth-order valence-corrected chi connectivity index (χ4v) is 2.78. The van der Waals surface area contributed by atoms with E-state index in [4.69, 9.17) is 0 Å². The van der Waals surface area contributed by atoms with Gasteiger partial charge < -0.3 is 9.47 Å². The van der Waals surface area contributed by atoms with E-state index in [0.29, 0.717) is 0 Å². The Bertz CT molecular complexity index is 634. The van der Waals surface area contributed by atoms with Crippen molar-refractivity contribution in [2.75, 3.05) is 13.6 Å². The van der Waals surface area contributed by atoms with Crippen molar-refractivity contribution in [2.45, 2.75) is 40.2 Å². The van der Waals surface area contributed by atoms with E-state index in [1.54, 1.807) is 6.92 Å². The number of ketones is 1. The van der Waals surface area contributed by atoms with Crippen LogP contribution in [0.25, 0.3) is 0 Å². The van der Waals surface area contributed by atoms with E-state index >= 15 is 0 Å². The molecule has 0 aliphatic carbocycles. The first-order valence-electron chi connectivity index (χ1n) is 7.73. The number of carbonyl (C=O) groups excluding carboxylic acids is 1. The summed E-state index contributed by atoms with van der Waals surface area (Å²) < 4.78 is 2.04. The molecule has 22 heavy (non-hydrogen) atoms. The maximum Gasteiger partial charge on any atom is 0.161 e. The molecule has 2 aromatic rings. The molecule has 2 aromatic heterocycles. The number of H-pyrrole nitrogens is 1. The van der Waals surface area contributed by atoms with Crippen LogP contribution < -0.4 is 0 Å². The van der Waals surface area contributed by atoms with Gasteiger partial charge in [-0.2, -0.15) is 5.10 Å². The number of carbonyl (C=O) groups is 1. The summed E-state index contributed by atoms with van der Waals surface area (Å²) in [5.74, 6) is 0.121. The number of aromatic nitrogens is 3. The highest BCUT2D eigenvalue weighted by molar-refractivity contribution is 5.94. The molecule has 2 rings (SSSR count). The van der Waals surface area contributed by atoms with Crippen LogP contribution in [0.4, 0.5) is 0 Å². The van der Waals surface area contributed by atoms with Gasteiger partial charge in [0.15, 0.2) is 5.78 Å². The van der Waals surface area contributed by atoms with Crippen LogP contribution in [-0.4, -0.2) is 39.0 Å². The third-order valence-electron chi connectivity index (χ3n) is 4.19. The summed E-state index contributed by atoms with van der Waals surface area (Å²) in [6.07, 6.45) is 4.05. The monoisotopic (exact) mass is 302 g/mol. The Hall–Kier alpha value is -1.88. The number of rotatable bonds is 7. The molecular weight excluding hydrogens is 276 g/mol. The van der Waals surface area contributed by atoms with Crippen molar-refractivity contribution in [1.29, 1.82) is 0 Å². The molecule has 5 heteroatoms. The van der Waals surface area contributed by atoms with Crippen molar-refractivity contribution in [1.82, 2.24) is 19.7 Å². The molecule has 0 amide bonds. The van der Waals surface area contributed by atoms with Gasteiger partial charge in [0.2, 0.25) is 0 Å². The number of hydrogen-bond donors (Lipinski definition) is 1. The predicted molar refractivity (Wildman–Crippen MR) is 88.1 cm³/mol. The summed E-state index contributed by atoms with van der Waals surface area (Å²) in [6.45, 7) is 7.61. The summed E-state index contributed by atoms with van der Waals surface area (Å²) in [4.78, 5) is 13.7. The van der Waals surface area contributed by atoms with E-state index in [9.17, 15) is 4.79 Å². The van der Waals surface area contributed by atoms with Crippen LogP contribution in [0.1, 0.15) is 46.3 Å². The number of Topliss-reactive ketones (excluding diaryl/α,β-unsaturated/α-hetero) is 1. The van der Waals surface area contributed by atoms with Gasteiger partial charge in [-0.05, 0) is 58.8 Å². The van der Waals surface area contributed by atoms with Crippen LogP contribution in [0.15, 0.2) is 12.3 Å². The van der Waals surface area contributed by atoms with Crippen molar-refractivity contribution in [3.8, 4) is 0 Å². The average molecular weight is 302 g/mol. The molecule has 0 bridgehead atoms. The molecule has 5 nitrogen and oxygen atoms in total. The van der Waals surface area contributed by atoms with E-state index < -0.39 is 0 Å². The van der Waals surface area contributed by atoms with Crippen molar-refractivity contribution < 1.29 is 4.79 Å². The van der Waals surface area contributed by atoms with E-state index in [2.05, 4.69) is 36.0 Å².